The number of piperazine rings is 1. The Balaban J connectivity index is 1.46. The average molecular weight is 394 g/mol. The lowest BCUT2D eigenvalue weighted by molar-refractivity contribution is -0.131. The Kier molecular flexibility index (Phi) is 7.04. The van der Waals surface area contributed by atoms with Crippen molar-refractivity contribution in [2.75, 3.05) is 45.2 Å². The predicted molar refractivity (Wildman–Crippen MR) is 117 cm³/mol. The Morgan fingerprint density at radius 3 is 2.17 bits per heavy atom. The van der Waals surface area contributed by atoms with Crippen LogP contribution in [0, 0.1) is 6.92 Å². The van der Waals surface area contributed by atoms with Crippen LogP contribution >= 0.6 is 0 Å². The van der Waals surface area contributed by atoms with Crippen LogP contribution in [0.3, 0.4) is 0 Å². The molecule has 0 aromatic heterocycles. The molecule has 0 spiro atoms. The van der Waals surface area contributed by atoms with E-state index in [9.17, 15) is 9.59 Å². The summed E-state index contributed by atoms with van der Waals surface area (Å²) in [6.45, 7) is 6.05. The number of hydrogen-bond acceptors (Lipinski definition) is 4. The Bertz CT molecular complexity index is 837. The molecule has 2 aromatic rings. The minimum Gasteiger partial charge on any atom is -0.368 e. The van der Waals surface area contributed by atoms with Gasteiger partial charge in [0.1, 0.15) is 0 Å². The highest BCUT2D eigenvalue weighted by atomic mass is 16.2. The van der Waals surface area contributed by atoms with Crippen LogP contribution in [0.2, 0.25) is 0 Å². The number of carbonyl (C=O) groups is 2. The van der Waals surface area contributed by atoms with Crippen molar-refractivity contribution in [2.45, 2.75) is 26.3 Å². The zero-order chi connectivity index (χ0) is 20.8. The second-order valence-electron chi connectivity index (χ2n) is 8.01. The Morgan fingerprint density at radius 1 is 0.897 bits per heavy atom. The van der Waals surface area contributed by atoms with E-state index >= 15 is 0 Å². The molecule has 0 radical (unpaired) electrons. The first kappa shape index (κ1) is 21.1. The Hall–Kier alpha value is -2.66. The highest BCUT2D eigenvalue weighted by Crippen LogP contribution is 2.21. The summed E-state index contributed by atoms with van der Waals surface area (Å²) in [7, 11) is 4.04. The number of para-hydroxylation sites is 1. The summed E-state index contributed by atoms with van der Waals surface area (Å²) in [5, 5.41) is 0. The largest absolute Gasteiger partial charge is 0.368 e. The lowest BCUT2D eigenvalue weighted by atomic mass is 10.0. The van der Waals surface area contributed by atoms with Crippen molar-refractivity contribution in [3.05, 3.63) is 65.2 Å². The van der Waals surface area contributed by atoms with Crippen molar-refractivity contribution in [3.63, 3.8) is 0 Å². The highest BCUT2D eigenvalue weighted by Gasteiger charge is 2.22. The normalized spacial score (nSPS) is 14.3. The summed E-state index contributed by atoms with van der Waals surface area (Å²) < 4.78 is 0. The van der Waals surface area contributed by atoms with Crippen molar-refractivity contribution < 1.29 is 9.59 Å². The molecule has 1 aliphatic rings. The molecular weight excluding hydrogens is 362 g/mol. The third-order valence-corrected chi connectivity index (χ3v) is 5.43. The number of benzene rings is 2. The maximum atomic E-state index is 12.6. The minimum absolute atomic E-state index is 0.0355. The summed E-state index contributed by atoms with van der Waals surface area (Å²) in [4.78, 5) is 31.3. The monoisotopic (exact) mass is 393 g/mol. The van der Waals surface area contributed by atoms with Crippen molar-refractivity contribution in [2.24, 2.45) is 0 Å². The zero-order valence-electron chi connectivity index (χ0n) is 17.7. The molecule has 5 nitrogen and oxygen atoms in total. The predicted octanol–water partition coefficient (Wildman–Crippen LogP) is 3.37. The number of anilines is 1. The standard InChI is InChI=1S/C24H31N3O2/c1-19-6-4-5-7-22(19)26-14-16-27(17-15-26)24(29)13-12-23(28)21-10-8-20(9-11-21)18-25(2)3/h4-11H,12-18H2,1-3H3. The van der Waals surface area contributed by atoms with E-state index in [2.05, 4.69) is 34.9 Å². The molecule has 1 aliphatic heterocycles. The van der Waals surface area contributed by atoms with Crippen LogP contribution in [0.5, 0.6) is 0 Å². The number of amides is 1. The number of carbonyl (C=O) groups excluding carboxylic acids is 2. The van der Waals surface area contributed by atoms with Crippen LogP contribution < -0.4 is 4.90 Å². The van der Waals surface area contributed by atoms with E-state index in [4.69, 9.17) is 0 Å². The number of hydrogen-bond donors (Lipinski definition) is 0. The molecule has 0 saturated carbocycles. The van der Waals surface area contributed by atoms with Gasteiger partial charge >= 0.3 is 0 Å². The molecule has 0 aliphatic carbocycles. The SMILES string of the molecule is Cc1ccccc1N1CCN(C(=O)CCC(=O)c2ccc(CN(C)C)cc2)CC1. The van der Waals surface area contributed by atoms with Gasteiger partial charge in [-0.15, -0.1) is 0 Å². The minimum atomic E-state index is 0.0355. The average Bonchev–Trinajstić information content (AvgIpc) is 2.72. The number of nitrogens with zero attached hydrogens (tertiary/aromatic N) is 3. The molecular formula is C24H31N3O2. The molecule has 1 amide bonds. The third-order valence-electron chi connectivity index (χ3n) is 5.43. The first-order valence-corrected chi connectivity index (χ1v) is 10.3. The maximum absolute atomic E-state index is 12.6. The molecule has 1 fully saturated rings. The molecule has 0 bridgehead atoms. The van der Waals surface area contributed by atoms with E-state index in [1.807, 2.05) is 49.3 Å². The molecule has 29 heavy (non-hydrogen) atoms. The zero-order valence-corrected chi connectivity index (χ0v) is 17.7. The van der Waals surface area contributed by atoms with Gasteiger partial charge in [-0.1, -0.05) is 42.5 Å². The second-order valence-corrected chi connectivity index (χ2v) is 8.01. The van der Waals surface area contributed by atoms with Crippen molar-refractivity contribution in [1.29, 1.82) is 0 Å². The van der Waals surface area contributed by atoms with Gasteiger partial charge in [0.05, 0.1) is 0 Å². The van der Waals surface area contributed by atoms with Crippen LogP contribution in [0.25, 0.3) is 0 Å². The van der Waals surface area contributed by atoms with Crippen LogP contribution in [0.15, 0.2) is 48.5 Å². The quantitative estimate of drug-likeness (QED) is 0.677. The van der Waals surface area contributed by atoms with Gasteiger partial charge in [-0.3, -0.25) is 9.59 Å². The van der Waals surface area contributed by atoms with Gasteiger partial charge in [-0.05, 0) is 38.2 Å². The summed E-state index contributed by atoms with van der Waals surface area (Å²) in [5.74, 6) is 0.111. The highest BCUT2D eigenvalue weighted by molar-refractivity contribution is 5.98. The van der Waals surface area contributed by atoms with Gasteiger partial charge < -0.3 is 14.7 Å². The first-order valence-electron chi connectivity index (χ1n) is 10.3. The fraction of sp³-hybridized carbons (Fsp3) is 0.417. The van der Waals surface area contributed by atoms with E-state index in [0.717, 1.165) is 19.6 Å². The Labute approximate surface area is 173 Å². The lowest BCUT2D eigenvalue weighted by Crippen LogP contribution is -2.49. The van der Waals surface area contributed by atoms with Gasteiger partial charge in [0.2, 0.25) is 5.91 Å². The van der Waals surface area contributed by atoms with Crippen molar-refractivity contribution >= 4 is 17.4 Å². The van der Waals surface area contributed by atoms with Crippen molar-refractivity contribution in [1.82, 2.24) is 9.80 Å². The van der Waals surface area contributed by atoms with Gasteiger partial charge in [-0.25, -0.2) is 0 Å². The molecule has 5 heteroatoms. The van der Waals surface area contributed by atoms with Crippen LogP contribution in [0.4, 0.5) is 5.69 Å². The molecule has 0 unspecified atom stereocenters. The molecule has 1 saturated heterocycles. The fourth-order valence-electron chi connectivity index (χ4n) is 3.80. The van der Waals surface area contributed by atoms with Gasteiger partial charge in [0.25, 0.3) is 0 Å². The number of aryl methyl sites for hydroxylation is 1. The number of Topliss-reactive ketones (excluding diaryl/α,β-unsaturated/α-hetero) is 1. The maximum Gasteiger partial charge on any atom is 0.223 e. The van der Waals surface area contributed by atoms with E-state index in [-0.39, 0.29) is 24.5 Å². The summed E-state index contributed by atoms with van der Waals surface area (Å²) in [6.07, 6.45) is 0.548. The molecule has 3 rings (SSSR count). The summed E-state index contributed by atoms with van der Waals surface area (Å²) in [5.41, 5.74) is 4.36. The molecule has 154 valence electrons. The smallest absolute Gasteiger partial charge is 0.223 e. The number of rotatable bonds is 7. The van der Waals surface area contributed by atoms with Gasteiger partial charge in [-0.2, -0.15) is 0 Å². The summed E-state index contributed by atoms with van der Waals surface area (Å²) in [6, 6.07) is 16.1. The van der Waals surface area contributed by atoms with Crippen LogP contribution in [-0.2, 0) is 11.3 Å². The summed E-state index contributed by atoms with van der Waals surface area (Å²) >= 11 is 0. The van der Waals surface area contributed by atoms with E-state index in [0.29, 0.717) is 18.7 Å². The second kappa shape index (κ2) is 9.70. The number of ketones is 1. The molecule has 0 N–H and O–H groups in total. The van der Waals surface area contributed by atoms with Gasteiger partial charge in [0.15, 0.2) is 5.78 Å². The van der Waals surface area contributed by atoms with E-state index < -0.39 is 0 Å². The van der Waals surface area contributed by atoms with Crippen molar-refractivity contribution in [3.8, 4) is 0 Å². The molecule has 0 atom stereocenters. The fourth-order valence-corrected chi connectivity index (χ4v) is 3.80. The molecule has 2 aromatic carbocycles. The van der Waals surface area contributed by atoms with Crippen LogP contribution in [0.1, 0.15) is 34.3 Å². The van der Waals surface area contributed by atoms with E-state index in [1.165, 1.54) is 16.8 Å². The topological polar surface area (TPSA) is 43.9 Å². The third kappa shape index (κ3) is 5.67. The molecule has 1 heterocycles. The van der Waals surface area contributed by atoms with Gasteiger partial charge in [0, 0.05) is 56.8 Å². The van der Waals surface area contributed by atoms with Crippen LogP contribution in [-0.4, -0.2) is 61.8 Å². The van der Waals surface area contributed by atoms with E-state index in [1.54, 1.807) is 0 Å². The Morgan fingerprint density at radius 2 is 1.55 bits per heavy atom. The lowest BCUT2D eigenvalue weighted by Gasteiger charge is -2.36. The first-order chi connectivity index (χ1) is 13.9.